The van der Waals surface area contributed by atoms with Gasteiger partial charge in [-0.25, -0.2) is 22.7 Å². The zero-order valence-corrected chi connectivity index (χ0v) is 14.7. The molecule has 1 aliphatic carbocycles. The summed E-state index contributed by atoms with van der Waals surface area (Å²) in [5.74, 6) is -1.85. The fraction of sp³-hybridized carbons (Fsp3) is 0.0500. The molecule has 2 N–H and O–H groups in total. The molecule has 0 aromatic heterocycles. The number of sulfonamides is 1. The van der Waals surface area contributed by atoms with Gasteiger partial charge >= 0.3 is 5.97 Å². The van der Waals surface area contributed by atoms with Crippen LogP contribution in [0.25, 0.3) is 11.1 Å². The quantitative estimate of drug-likeness (QED) is 0.703. The molecule has 27 heavy (non-hydrogen) atoms. The molecule has 0 fully saturated rings. The maximum Gasteiger partial charge on any atom is 0.342 e. The molecule has 0 unspecified atom stereocenters. The van der Waals surface area contributed by atoms with Gasteiger partial charge < -0.3 is 4.74 Å². The highest BCUT2D eigenvalue weighted by Crippen LogP contribution is 2.45. The number of carbonyl (C=O) groups is 1. The lowest BCUT2D eigenvalue weighted by Gasteiger charge is -2.15. The van der Waals surface area contributed by atoms with Crippen molar-refractivity contribution in [1.82, 2.24) is 0 Å². The lowest BCUT2D eigenvalue weighted by Crippen LogP contribution is -2.16. The number of nitrogens with two attached hydrogens (primary N) is 1. The molecule has 0 bridgehead atoms. The lowest BCUT2D eigenvalue weighted by molar-refractivity contribution is 0.0380. The Morgan fingerprint density at radius 2 is 1.48 bits per heavy atom. The standard InChI is InChI=1S/C20H14FNO4S/c21-18-10-9-12(27(22,24)25)11-17(18)20(23)26-19-15-7-3-1-5-13(15)14-6-2-4-8-16(14)19/h1-11,19H,(H2,22,24,25). The van der Waals surface area contributed by atoms with E-state index in [0.29, 0.717) is 0 Å². The molecule has 0 aliphatic heterocycles. The molecule has 4 rings (SSSR count). The molecule has 1 aliphatic rings. The van der Waals surface area contributed by atoms with Gasteiger partial charge in [0.2, 0.25) is 10.0 Å². The summed E-state index contributed by atoms with van der Waals surface area (Å²) < 4.78 is 42.7. The molecular formula is C20H14FNO4S. The predicted octanol–water partition coefficient (Wildman–Crippen LogP) is 3.40. The van der Waals surface area contributed by atoms with Crippen LogP contribution < -0.4 is 5.14 Å². The highest BCUT2D eigenvalue weighted by molar-refractivity contribution is 7.89. The minimum atomic E-state index is -4.07. The molecule has 0 saturated carbocycles. The summed E-state index contributed by atoms with van der Waals surface area (Å²) in [6.07, 6.45) is -0.706. The van der Waals surface area contributed by atoms with Crippen molar-refractivity contribution in [1.29, 1.82) is 0 Å². The van der Waals surface area contributed by atoms with Gasteiger partial charge in [-0.3, -0.25) is 0 Å². The number of hydrogen-bond acceptors (Lipinski definition) is 4. The van der Waals surface area contributed by atoms with E-state index in [0.717, 1.165) is 40.5 Å². The van der Waals surface area contributed by atoms with Crippen LogP contribution in [-0.4, -0.2) is 14.4 Å². The van der Waals surface area contributed by atoms with Crippen LogP contribution in [-0.2, 0) is 14.8 Å². The van der Waals surface area contributed by atoms with Crippen molar-refractivity contribution >= 4 is 16.0 Å². The van der Waals surface area contributed by atoms with Crippen molar-refractivity contribution in [2.75, 3.05) is 0 Å². The van der Waals surface area contributed by atoms with E-state index in [-0.39, 0.29) is 4.90 Å². The summed E-state index contributed by atoms with van der Waals surface area (Å²) >= 11 is 0. The Bertz CT molecular complexity index is 1130. The highest BCUT2D eigenvalue weighted by Gasteiger charge is 2.32. The number of ether oxygens (including phenoxy) is 1. The molecule has 0 heterocycles. The Hall–Kier alpha value is -3.03. The summed E-state index contributed by atoms with van der Waals surface area (Å²) in [5, 5.41) is 5.06. The van der Waals surface area contributed by atoms with Gasteiger partial charge in [0, 0.05) is 11.1 Å². The summed E-state index contributed by atoms with van der Waals surface area (Å²) in [6, 6.07) is 17.7. The van der Waals surface area contributed by atoms with E-state index in [2.05, 4.69) is 0 Å². The third kappa shape index (κ3) is 3.01. The summed E-state index contributed by atoms with van der Waals surface area (Å²) in [7, 11) is -4.07. The number of carbonyl (C=O) groups excluding carboxylic acids is 1. The number of primary sulfonamides is 1. The van der Waals surface area contributed by atoms with Crippen molar-refractivity contribution in [2.45, 2.75) is 11.0 Å². The van der Waals surface area contributed by atoms with E-state index in [4.69, 9.17) is 9.88 Å². The first-order valence-electron chi connectivity index (χ1n) is 8.08. The Morgan fingerprint density at radius 1 is 0.926 bits per heavy atom. The van der Waals surface area contributed by atoms with E-state index in [9.17, 15) is 17.6 Å². The van der Waals surface area contributed by atoms with Crippen molar-refractivity contribution in [2.24, 2.45) is 5.14 Å². The van der Waals surface area contributed by atoms with E-state index in [1.807, 2.05) is 48.5 Å². The number of hydrogen-bond donors (Lipinski definition) is 1. The van der Waals surface area contributed by atoms with E-state index < -0.39 is 33.5 Å². The van der Waals surface area contributed by atoms with Gasteiger partial charge in [0.15, 0.2) is 6.10 Å². The van der Waals surface area contributed by atoms with Crippen LogP contribution >= 0.6 is 0 Å². The molecule has 3 aromatic carbocycles. The molecule has 0 amide bonds. The van der Waals surface area contributed by atoms with Crippen LogP contribution in [0.2, 0.25) is 0 Å². The molecule has 136 valence electrons. The van der Waals surface area contributed by atoms with Crippen LogP contribution in [0.5, 0.6) is 0 Å². The maximum absolute atomic E-state index is 14.1. The first kappa shape index (κ1) is 17.4. The lowest BCUT2D eigenvalue weighted by atomic mass is 10.1. The zero-order valence-electron chi connectivity index (χ0n) is 13.9. The summed E-state index contributed by atoms with van der Waals surface area (Å²) in [4.78, 5) is 12.3. The second-order valence-electron chi connectivity index (χ2n) is 6.15. The summed E-state index contributed by atoms with van der Waals surface area (Å²) in [5.41, 5.74) is 2.96. The van der Waals surface area contributed by atoms with Crippen molar-refractivity contribution in [3.05, 3.63) is 89.2 Å². The molecule has 0 spiro atoms. The van der Waals surface area contributed by atoms with E-state index >= 15 is 0 Å². The first-order chi connectivity index (χ1) is 12.9. The molecule has 0 radical (unpaired) electrons. The number of esters is 1. The number of fused-ring (bicyclic) bond motifs is 3. The molecule has 7 heteroatoms. The van der Waals surface area contributed by atoms with Crippen LogP contribution in [0.4, 0.5) is 4.39 Å². The van der Waals surface area contributed by atoms with Crippen LogP contribution in [0.15, 0.2) is 71.6 Å². The predicted molar refractivity (Wildman–Crippen MR) is 96.9 cm³/mol. The summed E-state index contributed by atoms with van der Waals surface area (Å²) in [6.45, 7) is 0. The van der Waals surface area contributed by atoms with Crippen molar-refractivity contribution in [3.63, 3.8) is 0 Å². The average molecular weight is 383 g/mol. The van der Waals surface area contributed by atoms with Gasteiger partial charge in [0.25, 0.3) is 0 Å². The van der Waals surface area contributed by atoms with Gasteiger partial charge in [0.05, 0.1) is 10.5 Å². The Morgan fingerprint density at radius 3 is 2.04 bits per heavy atom. The normalized spacial score (nSPS) is 13.1. The van der Waals surface area contributed by atoms with E-state index in [1.165, 1.54) is 0 Å². The first-order valence-corrected chi connectivity index (χ1v) is 9.62. The van der Waals surface area contributed by atoms with Crippen molar-refractivity contribution < 1.29 is 22.3 Å². The van der Waals surface area contributed by atoms with Gasteiger partial charge in [-0.05, 0) is 29.3 Å². The van der Waals surface area contributed by atoms with E-state index in [1.54, 1.807) is 0 Å². The Kier molecular flexibility index (Phi) is 4.05. The third-order valence-corrected chi connectivity index (χ3v) is 5.40. The second-order valence-corrected chi connectivity index (χ2v) is 7.71. The largest absolute Gasteiger partial charge is 0.449 e. The molecule has 3 aromatic rings. The number of rotatable bonds is 3. The maximum atomic E-state index is 14.1. The molecular weight excluding hydrogens is 369 g/mol. The van der Waals surface area contributed by atoms with Gasteiger partial charge in [-0.2, -0.15) is 0 Å². The second kappa shape index (κ2) is 6.29. The average Bonchev–Trinajstić information content (AvgIpc) is 2.95. The number of benzene rings is 3. The monoisotopic (exact) mass is 383 g/mol. The van der Waals surface area contributed by atoms with Gasteiger partial charge in [-0.1, -0.05) is 48.5 Å². The molecule has 5 nitrogen and oxygen atoms in total. The van der Waals surface area contributed by atoms with Crippen LogP contribution in [0.1, 0.15) is 27.6 Å². The molecule has 0 atom stereocenters. The van der Waals surface area contributed by atoms with Crippen molar-refractivity contribution in [3.8, 4) is 11.1 Å². The molecule has 0 saturated heterocycles. The number of halogens is 1. The van der Waals surface area contributed by atoms with Crippen LogP contribution in [0.3, 0.4) is 0 Å². The zero-order chi connectivity index (χ0) is 19.2. The fourth-order valence-corrected chi connectivity index (χ4v) is 3.78. The minimum absolute atomic E-state index is 0.358. The third-order valence-electron chi connectivity index (χ3n) is 4.49. The minimum Gasteiger partial charge on any atom is -0.449 e. The SMILES string of the molecule is NS(=O)(=O)c1ccc(F)c(C(=O)OC2c3ccccc3-c3ccccc32)c1. The fourth-order valence-electron chi connectivity index (χ4n) is 3.24. The van der Waals surface area contributed by atoms with Gasteiger partial charge in [0.1, 0.15) is 5.82 Å². The Balaban J connectivity index is 1.74. The Labute approximate surface area is 155 Å². The highest BCUT2D eigenvalue weighted by atomic mass is 32.2. The van der Waals surface area contributed by atoms with Gasteiger partial charge in [-0.15, -0.1) is 0 Å². The van der Waals surface area contributed by atoms with Crippen LogP contribution in [0, 0.1) is 5.82 Å². The topological polar surface area (TPSA) is 86.5 Å². The smallest absolute Gasteiger partial charge is 0.342 e.